The van der Waals surface area contributed by atoms with Gasteiger partial charge in [0.15, 0.2) is 17.3 Å². The molecule has 0 aromatic carbocycles. The molecular formula is C15H18ClN5O3. The zero-order chi connectivity index (χ0) is 16.9. The summed E-state index contributed by atoms with van der Waals surface area (Å²) in [7, 11) is 0. The molecule has 0 radical (unpaired) electrons. The number of rotatable bonds is 2. The van der Waals surface area contributed by atoms with Gasteiger partial charge in [-0.3, -0.25) is 0 Å². The molecule has 128 valence electrons. The maximum Gasteiger partial charge on any atom is 0.226 e. The van der Waals surface area contributed by atoms with E-state index in [1.807, 2.05) is 18.4 Å². The highest BCUT2D eigenvalue weighted by Crippen LogP contribution is 2.71. The van der Waals surface area contributed by atoms with Crippen LogP contribution in [0.4, 0.5) is 5.82 Å². The van der Waals surface area contributed by atoms with Crippen LogP contribution in [0.5, 0.6) is 0 Å². The fourth-order valence-corrected chi connectivity index (χ4v) is 4.77. The van der Waals surface area contributed by atoms with Gasteiger partial charge in [-0.05, 0) is 37.8 Å². The van der Waals surface area contributed by atoms with Crippen molar-refractivity contribution in [3.63, 3.8) is 0 Å². The number of nitrogens with two attached hydrogens (primary N) is 1. The minimum atomic E-state index is -0.675. The molecule has 0 spiro atoms. The Labute approximate surface area is 142 Å². The molecule has 5 rings (SSSR count). The quantitative estimate of drug-likeness (QED) is 0.781. The predicted octanol–water partition coefficient (Wildman–Crippen LogP) is 1.14. The van der Waals surface area contributed by atoms with Crippen LogP contribution in [0.1, 0.15) is 26.3 Å². The monoisotopic (exact) mass is 351 g/mol. The largest absolute Gasteiger partial charge is 0.396 e. The average molecular weight is 352 g/mol. The molecule has 3 aliphatic rings. The van der Waals surface area contributed by atoms with E-state index in [9.17, 15) is 5.11 Å². The molecule has 3 N–H and O–H groups in total. The number of fused-ring (bicyclic) bond motifs is 4. The van der Waals surface area contributed by atoms with Gasteiger partial charge in [-0.15, -0.1) is 0 Å². The molecule has 3 fully saturated rings. The van der Waals surface area contributed by atoms with E-state index in [2.05, 4.69) is 15.0 Å². The van der Waals surface area contributed by atoms with Crippen molar-refractivity contribution >= 4 is 28.6 Å². The second-order valence-corrected chi connectivity index (χ2v) is 7.75. The van der Waals surface area contributed by atoms with Crippen LogP contribution in [-0.2, 0) is 9.47 Å². The third kappa shape index (κ3) is 1.72. The number of nitrogen functional groups attached to an aromatic ring is 1. The zero-order valence-corrected chi connectivity index (χ0v) is 14.1. The number of aliphatic hydroxyl groups is 1. The Kier molecular flexibility index (Phi) is 2.70. The van der Waals surface area contributed by atoms with Crippen LogP contribution in [0.3, 0.4) is 0 Å². The van der Waals surface area contributed by atoms with Gasteiger partial charge in [-0.25, -0.2) is 4.98 Å². The van der Waals surface area contributed by atoms with E-state index >= 15 is 0 Å². The minimum absolute atomic E-state index is 0.0284. The highest BCUT2D eigenvalue weighted by atomic mass is 35.5. The molecule has 2 aromatic rings. The summed E-state index contributed by atoms with van der Waals surface area (Å²) in [5, 5.41) is 10.1. The standard InChI is InChI=1S/C15H18ClN5O3/c1-14(2)23-9-8(6-3-15(6,4-22)10(9)24-14)21-5-18-7-11(17)19-13(16)20-12(7)21/h5-6,8-10,22H,3-4H2,1-2H3,(H2,17,19,20)/t6-,8-,9+,10+,15+/m1/s1. The molecule has 2 saturated carbocycles. The van der Waals surface area contributed by atoms with Gasteiger partial charge in [0.25, 0.3) is 0 Å². The van der Waals surface area contributed by atoms with Gasteiger partial charge in [0.1, 0.15) is 11.6 Å². The van der Waals surface area contributed by atoms with Crippen molar-refractivity contribution in [2.45, 2.75) is 44.3 Å². The van der Waals surface area contributed by atoms with Gasteiger partial charge in [-0.1, -0.05) is 0 Å². The highest BCUT2D eigenvalue weighted by Gasteiger charge is 2.75. The van der Waals surface area contributed by atoms with Gasteiger partial charge < -0.3 is 24.9 Å². The zero-order valence-electron chi connectivity index (χ0n) is 13.3. The summed E-state index contributed by atoms with van der Waals surface area (Å²) in [4.78, 5) is 12.6. The SMILES string of the molecule is CC1(C)O[C@H]2[C@H](n3cnc4c(N)nc(Cl)nc43)[C@H]3C[C@@]3(CO)[C@H]2O1. The van der Waals surface area contributed by atoms with E-state index in [0.717, 1.165) is 6.42 Å². The molecule has 3 heterocycles. The number of hydrogen-bond donors (Lipinski definition) is 2. The maximum atomic E-state index is 9.97. The Morgan fingerprint density at radius 3 is 2.96 bits per heavy atom. The first-order chi connectivity index (χ1) is 11.4. The second-order valence-electron chi connectivity index (χ2n) is 7.42. The van der Waals surface area contributed by atoms with E-state index in [1.165, 1.54) is 0 Å². The average Bonchev–Trinajstić information content (AvgIpc) is 2.78. The number of aromatic nitrogens is 4. The molecule has 0 amide bonds. The number of hydrogen-bond acceptors (Lipinski definition) is 7. The third-order valence-electron chi connectivity index (χ3n) is 5.66. The van der Waals surface area contributed by atoms with Crippen LogP contribution in [0.2, 0.25) is 5.28 Å². The van der Waals surface area contributed by atoms with Gasteiger partial charge in [-0.2, -0.15) is 9.97 Å². The van der Waals surface area contributed by atoms with Crippen molar-refractivity contribution in [2.24, 2.45) is 11.3 Å². The normalized spacial score (nSPS) is 39.2. The molecule has 2 aliphatic carbocycles. The lowest BCUT2D eigenvalue weighted by atomic mass is 10.0. The van der Waals surface area contributed by atoms with E-state index in [0.29, 0.717) is 11.2 Å². The van der Waals surface area contributed by atoms with Crippen molar-refractivity contribution in [1.29, 1.82) is 0 Å². The van der Waals surface area contributed by atoms with Crippen LogP contribution in [-0.4, -0.2) is 49.2 Å². The minimum Gasteiger partial charge on any atom is -0.396 e. The van der Waals surface area contributed by atoms with Crippen molar-refractivity contribution < 1.29 is 14.6 Å². The lowest BCUT2D eigenvalue weighted by molar-refractivity contribution is -0.163. The predicted molar refractivity (Wildman–Crippen MR) is 85.2 cm³/mol. The van der Waals surface area contributed by atoms with Gasteiger partial charge >= 0.3 is 0 Å². The molecular weight excluding hydrogens is 334 g/mol. The molecule has 0 bridgehead atoms. The fraction of sp³-hybridized carbons (Fsp3) is 0.667. The maximum absolute atomic E-state index is 9.97. The Balaban J connectivity index is 1.65. The molecule has 5 atom stereocenters. The summed E-state index contributed by atoms with van der Waals surface area (Å²) in [6.07, 6.45) is 2.29. The van der Waals surface area contributed by atoms with Gasteiger partial charge in [0.05, 0.1) is 25.1 Å². The van der Waals surface area contributed by atoms with E-state index < -0.39 is 5.79 Å². The molecule has 9 heteroatoms. The summed E-state index contributed by atoms with van der Waals surface area (Å²) >= 11 is 5.98. The Morgan fingerprint density at radius 2 is 2.21 bits per heavy atom. The third-order valence-corrected chi connectivity index (χ3v) is 5.83. The first-order valence-corrected chi connectivity index (χ1v) is 8.36. The van der Waals surface area contributed by atoms with Crippen LogP contribution >= 0.6 is 11.6 Å². The molecule has 24 heavy (non-hydrogen) atoms. The highest BCUT2D eigenvalue weighted by molar-refractivity contribution is 6.28. The summed E-state index contributed by atoms with van der Waals surface area (Å²) in [6, 6.07) is -0.0284. The lowest BCUT2D eigenvalue weighted by Gasteiger charge is -2.24. The number of halogens is 1. The Hall–Kier alpha value is -1.48. The number of nitrogens with zero attached hydrogens (tertiary/aromatic N) is 4. The summed E-state index contributed by atoms with van der Waals surface area (Å²) in [5.41, 5.74) is 6.77. The number of anilines is 1. The smallest absolute Gasteiger partial charge is 0.226 e. The summed E-state index contributed by atoms with van der Waals surface area (Å²) in [5.74, 6) is -0.168. The summed E-state index contributed by atoms with van der Waals surface area (Å²) in [6.45, 7) is 3.88. The van der Waals surface area contributed by atoms with Crippen LogP contribution in [0.25, 0.3) is 11.2 Å². The number of ether oxygens (including phenoxy) is 2. The first kappa shape index (κ1) is 14.8. The fourth-order valence-electron chi connectivity index (χ4n) is 4.60. The molecule has 2 aromatic heterocycles. The molecule has 1 saturated heterocycles. The van der Waals surface area contributed by atoms with Crippen LogP contribution < -0.4 is 5.73 Å². The van der Waals surface area contributed by atoms with E-state index in [1.54, 1.807) is 6.33 Å². The van der Waals surface area contributed by atoms with E-state index in [-0.39, 0.29) is 47.3 Å². The van der Waals surface area contributed by atoms with Crippen molar-refractivity contribution in [1.82, 2.24) is 19.5 Å². The second kappa shape index (κ2) is 4.37. The van der Waals surface area contributed by atoms with Crippen molar-refractivity contribution in [2.75, 3.05) is 12.3 Å². The van der Waals surface area contributed by atoms with Crippen LogP contribution in [0.15, 0.2) is 6.33 Å². The van der Waals surface area contributed by atoms with Gasteiger partial charge in [0.2, 0.25) is 5.28 Å². The van der Waals surface area contributed by atoms with Crippen molar-refractivity contribution in [3.05, 3.63) is 11.6 Å². The first-order valence-electron chi connectivity index (χ1n) is 7.98. The molecule has 8 nitrogen and oxygen atoms in total. The van der Waals surface area contributed by atoms with Crippen LogP contribution in [0, 0.1) is 11.3 Å². The molecule has 1 aliphatic heterocycles. The Morgan fingerprint density at radius 1 is 1.42 bits per heavy atom. The Bertz CT molecular complexity index is 855. The lowest BCUT2D eigenvalue weighted by Crippen LogP contribution is -2.33. The van der Waals surface area contributed by atoms with Crippen molar-refractivity contribution in [3.8, 4) is 0 Å². The number of aliphatic hydroxyl groups excluding tert-OH is 1. The van der Waals surface area contributed by atoms with Gasteiger partial charge in [0, 0.05) is 5.41 Å². The summed E-state index contributed by atoms with van der Waals surface area (Å²) < 4.78 is 14.2. The number of imidazole rings is 1. The topological polar surface area (TPSA) is 108 Å². The molecule has 0 unspecified atom stereocenters. The van der Waals surface area contributed by atoms with E-state index in [4.69, 9.17) is 26.8 Å².